The van der Waals surface area contributed by atoms with E-state index in [9.17, 15) is 31.9 Å². The Labute approximate surface area is 139 Å². The molecule has 2 N–H and O–H groups in total. The fraction of sp³-hybridized carbons (Fsp3) is 0.357. The van der Waals surface area contributed by atoms with Gasteiger partial charge >= 0.3 is 18.1 Å². The van der Waals surface area contributed by atoms with Crippen LogP contribution in [0.5, 0.6) is 5.75 Å². The third kappa shape index (κ3) is 6.65. The second-order valence-electron chi connectivity index (χ2n) is 4.52. The van der Waals surface area contributed by atoms with Gasteiger partial charge in [-0.3, -0.25) is 9.59 Å². The highest BCUT2D eigenvalue weighted by Gasteiger charge is 2.38. The molecule has 0 aliphatic rings. The molecule has 25 heavy (non-hydrogen) atoms. The summed E-state index contributed by atoms with van der Waals surface area (Å²) < 4.78 is 58.4. The van der Waals surface area contributed by atoms with Crippen molar-refractivity contribution in [2.45, 2.75) is 6.18 Å². The van der Waals surface area contributed by atoms with Crippen LogP contribution in [0.25, 0.3) is 0 Å². The molecule has 0 aromatic heterocycles. The molecule has 0 atom stereocenters. The van der Waals surface area contributed by atoms with Crippen molar-refractivity contribution < 1.29 is 41.4 Å². The summed E-state index contributed by atoms with van der Waals surface area (Å²) in [5.41, 5.74) is -0.229. The number of amides is 2. The summed E-state index contributed by atoms with van der Waals surface area (Å²) in [5.74, 6) is -4.52. The van der Waals surface area contributed by atoms with Crippen molar-refractivity contribution in [2.24, 2.45) is 0 Å². The molecule has 0 fully saturated rings. The van der Waals surface area contributed by atoms with Crippen molar-refractivity contribution in [1.29, 1.82) is 0 Å². The lowest BCUT2D eigenvalue weighted by atomic mass is 10.2. The number of halogens is 4. The number of rotatable bonds is 7. The van der Waals surface area contributed by atoms with E-state index in [4.69, 9.17) is 4.74 Å². The van der Waals surface area contributed by atoms with Crippen molar-refractivity contribution in [2.75, 3.05) is 26.8 Å². The Morgan fingerprint density at radius 2 is 1.76 bits per heavy atom. The molecule has 7 nitrogen and oxygen atoms in total. The molecule has 1 rings (SSSR count). The fourth-order valence-corrected chi connectivity index (χ4v) is 1.57. The zero-order valence-corrected chi connectivity index (χ0v) is 12.9. The minimum atomic E-state index is -5.00. The van der Waals surface area contributed by atoms with Gasteiger partial charge in [-0.25, -0.2) is 9.18 Å². The minimum Gasteiger partial charge on any atom is -0.483 e. The van der Waals surface area contributed by atoms with Crippen LogP contribution in [0.4, 0.5) is 17.6 Å². The molecule has 0 saturated carbocycles. The van der Waals surface area contributed by atoms with Crippen LogP contribution in [0, 0.1) is 5.82 Å². The van der Waals surface area contributed by atoms with Crippen molar-refractivity contribution in [3.05, 3.63) is 29.6 Å². The Balaban J connectivity index is 2.45. The summed E-state index contributed by atoms with van der Waals surface area (Å²) in [6.07, 6.45) is -5.00. The van der Waals surface area contributed by atoms with Crippen molar-refractivity contribution in [3.63, 3.8) is 0 Å². The van der Waals surface area contributed by atoms with Crippen LogP contribution in [0.3, 0.4) is 0 Å². The van der Waals surface area contributed by atoms with Crippen LogP contribution in [0.2, 0.25) is 0 Å². The van der Waals surface area contributed by atoms with Gasteiger partial charge < -0.3 is 20.1 Å². The van der Waals surface area contributed by atoms with Crippen LogP contribution >= 0.6 is 0 Å². The van der Waals surface area contributed by atoms with E-state index in [2.05, 4.69) is 10.1 Å². The Morgan fingerprint density at radius 3 is 2.36 bits per heavy atom. The van der Waals surface area contributed by atoms with Gasteiger partial charge in [-0.15, -0.1) is 0 Å². The van der Waals surface area contributed by atoms with Gasteiger partial charge in [-0.1, -0.05) is 0 Å². The number of esters is 1. The third-order valence-corrected chi connectivity index (χ3v) is 2.70. The van der Waals surface area contributed by atoms with Gasteiger partial charge in [0.1, 0.15) is 17.1 Å². The predicted octanol–water partition coefficient (Wildman–Crippen LogP) is 0.786. The summed E-state index contributed by atoms with van der Waals surface area (Å²) in [4.78, 5) is 33.5. The molecule has 0 bridgehead atoms. The number of alkyl halides is 3. The zero-order chi connectivity index (χ0) is 19.0. The molecule has 2 amide bonds. The number of carbonyl (C=O) groups is 3. The molecule has 0 aliphatic heterocycles. The lowest BCUT2D eigenvalue weighted by Gasteiger charge is -2.11. The number of nitrogens with one attached hydrogen (secondary N) is 2. The van der Waals surface area contributed by atoms with Crippen molar-refractivity contribution >= 4 is 17.8 Å². The van der Waals surface area contributed by atoms with Gasteiger partial charge in [-0.2, -0.15) is 13.2 Å². The second kappa shape index (κ2) is 8.85. The predicted molar refractivity (Wildman–Crippen MR) is 75.3 cm³/mol. The Kier molecular flexibility index (Phi) is 7.15. The van der Waals surface area contributed by atoms with Crippen LogP contribution in [-0.2, 0) is 14.3 Å². The average molecular weight is 366 g/mol. The highest BCUT2D eigenvalue weighted by molar-refractivity contribution is 5.92. The first-order chi connectivity index (χ1) is 11.6. The monoisotopic (exact) mass is 366 g/mol. The SMILES string of the molecule is COC(=O)c1cc(F)ccc1OCC(=O)NCCNC(=O)C(F)(F)F. The quantitative estimate of drug-likeness (QED) is 0.423. The summed E-state index contributed by atoms with van der Waals surface area (Å²) in [6.45, 7) is -1.28. The summed E-state index contributed by atoms with van der Waals surface area (Å²) in [6, 6.07) is 3.00. The smallest absolute Gasteiger partial charge is 0.471 e. The maximum Gasteiger partial charge on any atom is 0.471 e. The number of methoxy groups -OCH3 is 1. The number of benzene rings is 1. The zero-order valence-electron chi connectivity index (χ0n) is 12.9. The van der Waals surface area contributed by atoms with E-state index in [1.807, 2.05) is 0 Å². The van der Waals surface area contributed by atoms with Crippen LogP contribution in [0.1, 0.15) is 10.4 Å². The fourth-order valence-electron chi connectivity index (χ4n) is 1.57. The number of hydrogen-bond acceptors (Lipinski definition) is 5. The Bertz CT molecular complexity index is 649. The van der Waals surface area contributed by atoms with Crippen LogP contribution < -0.4 is 15.4 Å². The number of hydrogen-bond donors (Lipinski definition) is 2. The van der Waals surface area contributed by atoms with Gasteiger partial charge in [0.25, 0.3) is 5.91 Å². The maximum atomic E-state index is 13.1. The minimum absolute atomic E-state index is 0.103. The number of carbonyl (C=O) groups excluding carboxylic acids is 3. The van der Waals surface area contributed by atoms with E-state index in [1.54, 1.807) is 5.32 Å². The van der Waals surface area contributed by atoms with E-state index in [-0.39, 0.29) is 17.9 Å². The highest BCUT2D eigenvalue weighted by Crippen LogP contribution is 2.20. The highest BCUT2D eigenvalue weighted by atomic mass is 19.4. The van der Waals surface area contributed by atoms with E-state index in [0.29, 0.717) is 0 Å². The molecule has 0 radical (unpaired) electrons. The summed E-state index contributed by atoms with van der Waals surface area (Å²) in [7, 11) is 1.08. The maximum absolute atomic E-state index is 13.1. The topological polar surface area (TPSA) is 93.7 Å². The van der Waals surface area contributed by atoms with Gasteiger partial charge in [-0.05, 0) is 18.2 Å². The first-order valence-corrected chi connectivity index (χ1v) is 6.77. The van der Waals surface area contributed by atoms with Crippen molar-refractivity contribution in [1.82, 2.24) is 10.6 Å². The van der Waals surface area contributed by atoms with E-state index < -0.39 is 42.9 Å². The van der Waals surface area contributed by atoms with E-state index in [1.165, 1.54) is 0 Å². The summed E-state index contributed by atoms with van der Waals surface area (Å²) >= 11 is 0. The lowest BCUT2D eigenvalue weighted by Crippen LogP contribution is -2.41. The van der Waals surface area contributed by atoms with Gasteiger partial charge in [0.2, 0.25) is 0 Å². The van der Waals surface area contributed by atoms with Crippen LogP contribution in [-0.4, -0.2) is 50.8 Å². The standard InChI is InChI=1S/C14H14F4N2O5/c1-24-12(22)9-6-8(15)2-3-10(9)25-7-11(21)19-4-5-20-13(23)14(16,17)18/h2-3,6H,4-5,7H2,1H3,(H,19,21)(H,20,23). The molecule has 0 spiro atoms. The molecule has 0 aliphatic carbocycles. The normalized spacial score (nSPS) is 10.8. The first kappa shape index (κ1) is 20.2. The molecule has 11 heteroatoms. The van der Waals surface area contributed by atoms with Crippen LogP contribution in [0.15, 0.2) is 18.2 Å². The van der Waals surface area contributed by atoms with Gasteiger partial charge in [0.05, 0.1) is 7.11 Å². The van der Waals surface area contributed by atoms with Crippen molar-refractivity contribution in [3.8, 4) is 5.75 Å². The molecule has 0 unspecified atom stereocenters. The lowest BCUT2D eigenvalue weighted by molar-refractivity contribution is -0.173. The Hall–Kier alpha value is -2.85. The second-order valence-corrected chi connectivity index (χ2v) is 4.52. The van der Waals surface area contributed by atoms with Gasteiger partial charge in [0, 0.05) is 13.1 Å². The molecular weight excluding hydrogens is 352 g/mol. The molecule has 138 valence electrons. The largest absolute Gasteiger partial charge is 0.483 e. The Morgan fingerprint density at radius 1 is 1.12 bits per heavy atom. The third-order valence-electron chi connectivity index (χ3n) is 2.70. The average Bonchev–Trinajstić information content (AvgIpc) is 2.55. The molecule has 0 saturated heterocycles. The molecule has 1 aromatic carbocycles. The first-order valence-electron chi connectivity index (χ1n) is 6.77. The number of ether oxygens (including phenoxy) is 2. The molecule has 1 aromatic rings. The summed E-state index contributed by atoms with van der Waals surface area (Å²) in [5, 5.41) is 3.76. The van der Waals surface area contributed by atoms with E-state index >= 15 is 0 Å². The molecular formula is C14H14F4N2O5. The van der Waals surface area contributed by atoms with Gasteiger partial charge in [0.15, 0.2) is 6.61 Å². The van der Waals surface area contributed by atoms with E-state index in [0.717, 1.165) is 25.3 Å². The molecule has 0 heterocycles.